The fourth-order valence-corrected chi connectivity index (χ4v) is 2.54. The molecule has 1 aromatic rings. The molecule has 0 aliphatic carbocycles. The summed E-state index contributed by atoms with van der Waals surface area (Å²) in [6.45, 7) is 11.7. The van der Waals surface area contributed by atoms with Gasteiger partial charge < -0.3 is 10.9 Å². The van der Waals surface area contributed by atoms with E-state index in [1.54, 1.807) is 0 Å². The maximum absolute atomic E-state index is 5.59. The van der Waals surface area contributed by atoms with Crippen LogP contribution >= 0.6 is 22.6 Å². The topological polar surface area (TPSA) is 44.2 Å². The Morgan fingerprint density at radius 2 is 2.00 bits per heavy atom. The molecule has 102 valence electrons. The Morgan fingerprint density at radius 3 is 2.56 bits per heavy atom. The third-order valence-electron chi connectivity index (χ3n) is 2.96. The average molecular weight is 361 g/mol. The second kappa shape index (κ2) is 8.67. The van der Waals surface area contributed by atoms with Crippen LogP contribution in [0.3, 0.4) is 0 Å². The summed E-state index contributed by atoms with van der Waals surface area (Å²) in [6, 6.07) is 4.45. The van der Waals surface area contributed by atoms with Gasteiger partial charge in [-0.05, 0) is 49.4 Å². The van der Waals surface area contributed by atoms with Gasteiger partial charge in [-0.1, -0.05) is 46.9 Å². The predicted octanol–water partition coefficient (Wildman–Crippen LogP) is 4.54. The molecule has 0 heterocycles. The Bertz CT molecular complexity index is 402. The zero-order valence-corrected chi connectivity index (χ0v) is 13.8. The molecular weight excluding hydrogens is 337 g/mol. The maximum Gasteiger partial charge on any atom is 0.0671 e. The molecule has 0 aliphatic rings. The van der Waals surface area contributed by atoms with E-state index < -0.39 is 0 Å². The first-order valence-electron chi connectivity index (χ1n) is 5.92. The van der Waals surface area contributed by atoms with Gasteiger partial charge >= 0.3 is 0 Å². The first-order valence-corrected chi connectivity index (χ1v) is 7.45. The molecule has 0 atom stereocenters. The van der Waals surface area contributed by atoms with Crippen LogP contribution in [0, 0.1) is 13.8 Å². The number of aryl methyl sites for hydroxylation is 1. The number of ether oxygens (including phenoxy) is 1. The molecule has 3 N–H and O–H groups in total. The van der Waals surface area contributed by atoms with Crippen molar-refractivity contribution in [2.45, 2.75) is 31.6 Å². The minimum Gasteiger partial charge on any atom is -0.377 e. The average Bonchev–Trinajstić information content (AvgIpc) is 2.29. The minimum atomic E-state index is 0. The van der Waals surface area contributed by atoms with Gasteiger partial charge in [0.15, 0.2) is 0 Å². The van der Waals surface area contributed by atoms with Gasteiger partial charge in [0.2, 0.25) is 0 Å². The van der Waals surface area contributed by atoms with E-state index in [4.69, 9.17) is 4.74 Å². The largest absolute Gasteiger partial charge is 0.377 e. The highest BCUT2D eigenvalue weighted by atomic mass is 127. The molecule has 0 bridgehead atoms. The quantitative estimate of drug-likeness (QED) is 0.350. The molecule has 0 radical (unpaired) electrons. The van der Waals surface area contributed by atoms with Gasteiger partial charge in [0, 0.05) is 4.43 Å². The van der Waals surface area contributed by atoms with E-state index in [-0.39, 0.29) is 6.15 Å². The van der Waals surface area contributed by atoms with Crippen molar-refractivity contribution in [2.24, 2.45) is 0 Å². The highest BCUT2D eigenvalue weighted by Gasteiger charge is 2.07. The van der Waals surface area contributed by atoms with Gasteiger partial charge in [0.1, 0.15) is 0 Å². The van der Waals surface area contributed by atoms with Crippen LogP contribution in [0.4, 0.5) is 0 Å². The van der Waals surface area contributed by atoms with Crippen LogP contribution in [0.2, 0.25) is 0 Å². The summed E-state index contributed by atoms with van der Waals surface area (Å²) < 4.78 is 6.66. The third-order valence-corrected chi connectivity index (χ3v) is 3.78. The summed E-state index contributed by atoms with van der Waals surface area (Å²) in [6.07, 6.45) is 0.999. The van der Waals surface area contributed by atoms with E-state index >= 15 is 0 Å². The first kappa shape index (κ1) is 17.6. The number of rotatable bonds is 6. The van der Waals surface area contributed by atoms with Crippen LogP contribution in [0.25, 0.3) is 0 Å². The third kappa shape index (κ3) is 5.08. The Balaban J connectivity index is 0.00000289. The molecule has 3 heteroatoms. The van der Waals surface area contributed by atoms with Gasteiger partial charge in [0.25, 0.3) is 0 Å². The first-order chi connectivity index (χ1) is 8.06. The zero-order valence-electron chi connectivity index (χ0n) is 11.7. The van der Waals surface area contributed by atoms with Crippen LogP contribution in [-0.2, 0) is 15.6 Å². The lowest BCUT2D eigenvalue weighted by Gasteiger charge is -2.13. The molecule has 0 fully saturated rings. The normalized spacial score (nSPS) is 10.0. The summed E-state index contributed by atoms with van der Waals surface area (Å²) in [5.41, 5.74) is 6.76. The van der Waals surface area contributed by atoms with E-state index in [2.05, 4.69) is 55.2 Å². The molecule has 0 amide bonds. The number of benzene rings is 1. The maximum atomic E-state index is 5.59. The molecular formula is C15H24INO. The standard InChI is InChI=1S/C15H21IO.H3N/c1-11(2)10-17-8-7-15-13(4)12(3)5-6-14(15)9-16;/h5-6H,1,7-10H2,2-4H3;1H3. The highest BCUT2D eigenvalue weighted by Crippen LogP contribution is 2.21. The zero-order chi connectivity index (χ0) is 12.8. The number of alkyl halides is 1. The summed E-state index contributed by atoms with van der Waals surface area (Å²) >= 11 is 2.42. The lowest BCUT2D eigenvalue weighted by atomic mass is 9.96. The fourth-order valence-electron chi connectivity index (χ4n) is 1.82. The smallest absolute Gasteiger partial charge is 0.0671 e. The summed E-state index contributed by atoms with van der Waals surface area (Å²) in [7, 11) is 0. The molecule has 0 spiro atoms. The van der Waals surface area contributed by atoms with Crippen LogP contribution in [0.1, 0.15) is 29.2 Å². The summed E-state index contributed by atoms with van der Waals surface area (Å²) in [5.74, 6) is 0. The summed E-state index contributed by atoms with van der Waals surface area (Å²) in [4.78, 5) is 0. The van der Waals surface area contributed by atoms with E-state index in [9.17, 15) is 0 Å². The van der Waals surface area contributed by atoms with Gasteiger partial charge in [-0.25, -0.2) is 0 Å². The number of halogens is 1. The highest BCUT2D eigenvalue weighted by molar-refractivity contribution is 14.1. The number of hydrogen-bond acceptors (Lipinski definition) is 2. The van der Waals surface area contributed by atoms with Crippen molar-refractivity contribution in [1.82, 2.24) is 6.15 Å². The molecule has 0 aliphatic heterocycles. The number of hydrogen-bond donors (Lipinski definition) is 1. The molecule has 18 heavy (non-hydrogen) atoms. The van der Waals surface area contributed by atoms with Crippen molar-refractivity contribution < 1.29 is 4.74 Å². The minimum absolute atomic E-state index is 0. The van der Waals surface area contributed by atoms with E-state index in [0.717, 1.165) is 23.0 Å². The van der Waals surface area contributed by atoms with Crippen LogP contribution < -0.4 is 6.15 Å². The molecule has 1 rings (SSSR count). The Labute approximate surface area is 125 Å². The lowest BCUT2D eigenvalue weighted by Crippen LogP contribution is -2.05. The van der Waals surface area contributed by atoms with Crippen LogP contribution in [0.15, 0.2) is 24.3 Å². The van der Waals surface area contributed by atoms with Crippen molar-refractivity contribution in [2.75, 3.05) is 13.2 Å². The Hall–Kier alpha value is -0.390. The van der Waals surface area contributed by atoms with Crippen LogP contribution in [0.5, 0.6) is 0 Å². The Kier molecular flexibility index (Phi) is 8.48. The van der Waals surface area contributed by atoms with Crippen molar-refractivity contribution in [3.8, 4) is 0 Å². The molecule has 0 aromatic heterocycles. The second-order valence-corrected chi connectivity index (χ2v) is 5.30. The SMILES string of the molecule is C=C(C)COCCc1c(CI)ccc(C)c1C.N. The monoisotopic (exact) mass is 361 g/mol. The fraction of sp³-hybridized carbons (Fsp3) is 0.467. The van der Waals surface area contributed by atoms with E-state index in [0.29, 0.717) is 6.61 Å². The molecule has 2 nitrogen and oxygen atoms in total. The van der Waals surface area contributed by atoms with Crippen molar-refractivity contribution in [1.29, 1.82) is 0 Å². The van der Waals surface area contributed by atoms with Crippen LogP contribution in [-0.4, -0.2) is 13.2 Å². The Morgan fingerprint density at radius 1 is 1.33 bits per heavy atom. The van der Waals surface area contributed by atoms with Gasteiger partial charge in [0.05, 0.1) is 13.2 Å². The van der Waals surface area contributed by atoms with Gasteiger partial charge in [-0.3, -0.25) is 0 Å². The molecule has 0 saturated carbocycles. The second-order valence-electron chi connectivity index (χ2n) is 4.54. The van der Waals surface area contributed by atoms with Crippen molar-refractivity contribution in [3.63, 3.8) is 0 Å². The van der Waals surface area contributed by atoms with Crippen molar-refractivity contribution >= 4 is 22.6 Å². The molecule has 0 unspecified atom stereocenters. The molecule has 1 aromatic carbocycles. The summed E-state index contributed by atoms with van der Waals surface area (Å²) in [5, 5.41) is 0. The van der Waals surface area contributed by atoms with E-state index in [1.807, 2.05) is 6.92 Å². The van der Waals surface area contributed by atoms with Crippen molar-refractivity contribution in [3.05, 3.63) is 46.5 Å². The van der Waals surface area contributed by atoms with E-state index in [1.165, 1.54) is 22.3 Å². The lowest BCUT2D eigenvalue weighted by molar-refractivity contribution is 0.159. The van der Waals surface area contributed by atoms with Gasteiger partial charge in [-0.15, -0.1) is 0 Å². The molecule has 0 saturated heterocycles. The predicted molar refractivity (Wildman–Crippen MR) is 88.0 cm³/mol. The van der Waals surface area contributed by atoms with Gasteiger partial charge in [-0.2, -0.15) is 0 Å².